The highest BCUT2D eigenvalue weighted by atomic mass is 35.5. The Bertz CT molecular complexity index is 1190. The Hall–Kier alpha value is -2.81. The van der Waals surface area contributed by atoms with Gasteiger partial charge in [0, 0.05) is 60.3 Å². The summed E-state index contributed by atoms with van der Waals surface area (Å²) in [7, 11) is 3.74. The van der Waals surface area contributed by atoms with Crippen LogP contribution in [0.5, 0.6) is 11.5 Å². The second kappa shape index (κ2) is 10.2. The van der Waals surface area contributed by atoms with Crippen molar-refractivity contribution < 1.29 is 13.9 Å². The highest BCUT2D eigenvalue weighted by molar-refractivity contribution is 6.36. The van der Waals surface area contributed by atoms with Gasteiger partial charge in [-0.2, -0.15) is 0 Å². The van der Waals surface area contributed by atoms with E-state index in [0.29, 0.717) is 22.1 Å². The lowest BCUT2D eigenvalue weighted by atomic mass is 10.1. The Labute approximate surface area is 208 Å². The van der Waals surface area contributed by atoms with Crippen molar-refractivity contribution in [2.45, 2.75) is 13.0 Å². The van der Waals surface area contributed by atoms with Crippen molar-refractivity contribution in [2.75, 3.05) is 51.0 Å². The Kier molecular flexibility index (Phi) is 7.30. The summed E-state index contributed by atoms with van der Waals surface area (Å²) >= 11 is 12.4. The van der Waals surface area contributed by atoms with Gasteiger partial charge in [0.05, 0.1) is 12.1 Å². The van der Waals surface area contributed by atoms with E-state index in [2.05, 4.69) is 26.8 Å². The van der Waals surface area contributed by atoms with E-state index in [1.807, 2.05) is 6.07 Å². The zero-order chi connectivity index (χ0) is 24.4. The molecular formula is C24H26Cl2FN5O2. The molecule has 34 heavy (non-hydrogen) atoms. The minimum absolute atomic E-state index is 0.0869. The molecule has 1 atom stereocenters. The Morgan fingerprint density at radius 1 is 1.03 bits per heavy atom. The third kappa shape index (κ3) is 4.99. The number of hydrogen-bond acceptors (Lipinski definition) is 7. The number of piperazine rings is 1. The molecule has 1 saturated heterocycles. The van der Waals surface area contributed by atoms with E-state index in [-0.39, 0.29) is 10.8 Å². The van der Waals surface area contributed by atoms with Crippen LogP contribution in [0.4, 0.5) is 16.0 Å². The fourth-order valence-corrected chi connectivity index (χ4v) is 4.55. The normalized spacial score (nSPS) is 15.3. The minimum Gasteiger partial charge on any atom is -0.493 e. The van der Waals surface area contributed by atoms with Crippen LogP contribution in [0.15, 0.2) is 36.7 Å². The Morgan fingerprint density at radius 3 is 2.35 bits per heavy atom. The summed E-state index contributed by atoms with van der Waals surface area (Å²) in [6.45, 7) is 5.40. The number of pyridine rings is 2. The van der Waals surface area contributed by atoms with Gasteiger partial charge >= 0.3 is 0 Å². The summed E-state index contributed by atoms with van der Waals surface area (Å²) < 4.78 is 25.6. The number of ether oxygens (including phenoxy) is 2. The summed E-state index contributed by atoms with van der Waals surface area (Å²) in [5.74, 6) is 1.42. The van der Waals surface area contributed by atoms with E-state index >= 15 is 0 Å². The fourth-order valence-electron chi connectivity index (χ4n) is 3.87. The number of rotatable bonds is 6. The highest BCUT2D eigenvalue weighted by Gasteiger charge is 2.22. The minimum atomic E-state index is -0.665. The number of nitrogens with zero attached hydrogens (tertiary/aromatic N) is 4. The van der Waals surface area contributed by atoms with E-state index in [4.69, 9.17) is 38.4 Å². The molecule has 1 unspecified atom stereocenters. The number of benzene rings is 1. The lowest BCUT2D eigenvalue weighted by Crippen LogP contribution is -2.44. The number of halogens is 3. The standard InChI is InChI=1S/C24H26Cl2FN5O2/c1-14(21-17(25)4-5-18(27)22(21)26)34-19-10-15(12-29-23(19)28)16-11-20(33-3)24(30-13-16)32-8-6-31(2)7-9-32/h4-5,10-14H,6-9H2,1-3H3,(H2,28,29). The molecule has 1 aromatic carbocycles. The number of nitrogens with two attached hydrogens (primary N) is 1. The number of nitrogen functional groups attached to an aromatic ring is 1. The van der Waals surface area contributed by atoms with Gasteiger partial charge in [-0.15, -0.1) is 0 Å². The summed E-state index contributed by atoms with van der Waals surface area (Å²) in [5.41, 5.74) is 7.93. The van der Waals surface area contributed by atoms with Gasteiger partial charge in [-0.25, -0.2) is 14.4 Å². The molecule has 0 saturated carbocycles. The molecular weight excluding hydrogens is 480 g/mol. The van der Waals surface area contributed by atoms with Crippen molar-refractivity contribution in [1.82, 2.24) is 14.9 Å². The second-order valence-electron chi connectivity index (χ2n) is 8.16. The van der Waals surface area contributed by atoms with Crippen LogP contribution in [0.2, 0.25) is 10.0 Å². The molecule has 180 valence electrons. The lowest BCUT2D eigenvalue weighted by Gasteiger charge is -2.33. The lowest BCUT2D eigenvalue weighted by molar-refractivity contribution is 0.227. The zero-order valence-electron chi connectivity index (χ0n) is 19.2. The summed E-state index contributed by atoms with van der Waals surface area (Å²) in [5, 5.41) is 0.214. The smallest absolute Gasteiger partial charge is 0.171 e. The molecule has 1 aliphatic heterocycles. The van der Waals surface area contributed by atoms with Crippen LogP contribution in [0.25, 0.3) is 11.1 Å². The Balaban J connectivity index is 1.61. The molecule has 0 spiro atoms. The van der Waals surface area contributed by atoms with Gasteiger partial charge in [0.15, 0.2) is 23.1 Å². The quantitative estimate of drug-likeness (QED) is 0.468. The van der Waals surface area contributed by atoms with Gasteiger partial charge in [0.25, 0.3) is 0 Å². The van der Waals surface area contributed by atoms with Crippen molar-refractivity contribution in [3.8, 4) is 22.6 Å². The van der Waals surface area contributed by atoms with Crippen LogP contribution in [0.1, 0.15) is 18.6 Å². The molecule has 4 rings (SSSR count). The molecule has 0 amide bonds. The summed E-state index contributed by atoms with van der Waals surface area (Å²) in [6, 6.07) is 6.33. The van der Waals surface area contributed by atoms with Gasteiger partial charge in [-0.05, 0) is 38.2 Å². The molecule has 2 N–H and O–H groups in total. The molecule has 10 heteroatoms. The van der Waals surface area contributed by atoms with Crippen LogP contribution in [0, 0.1) is 5.82 Å². The average Bonchev–Trinajstić information content (AvgIpc) is 2.83. The maximum atomic E-state index is 14.0. The maximum absolute atomic E-state index is 14.0. The van der Waals surface area contributed by atoms with Gasteiger partial charge in [0.2, 0.25) is 0 Å². The van der Waals surface area contributed by atoms with Gasteiger partial charge in [0.1, 0.15) is 11.9 Å². The van der Waals surface area contributed by atoms with E-state index in [9.17, 15) is 4.39 Å². The first-order valence-electron chi connectivity index (χ1n) is 10.8. The molecule has 0 radical (unpaired) electrons. The van der Waals surface area contributed by atoms with Gasteiger partial charge in [-0.3, -0.25) is 0 Å². The molecule has 1 fully saturated rings. The first-order valence-corrected chi connectivity index (χ1v) is 11.6. The third-order valence-corrected chi connectivity index (χ3v) is 6.57. The third-order valence-electron chi connectivity index (χ3n) is 5.86. The number of methoxy groups -OCH3 is 1. The fraction of sp³-hybridized carbons (Fsp3) is 0.333. The van der Waals surface area contributed by atoms with Crippen molar-refractivity contribution in [3.63, 3.8) is 0 Å². The molecule has 0 bridgehead atoms. The van der Waals surface area contributed by atoms with Crippen LogP contribution < -0.4 is 20.1 Å². The van der Waals surface area contributed by atoms with E-state index in [1.54, 1.807) is 32.5 Å². The molecule has 0 aliphatic carbocycles. The van der Waals surface area contributed by atoms with Crippen LogP contribution in [0.3, 0.4) is 0 Å². The van der Waals surface area contributed by atoms with Crippen molar-refractivity contribution in [1.29, 1.82) is 0 Å². The Morgan fingerprint density at radius 2 is 1.68 bits per heavy atom. The second-order valence-corrected chi connectivity index (χ2v) is 8.95. The molecule has 2 aromatic heterocycles. The molecule has 1 aliphatic rings. The predicted molar refractivity (Wildman–Crippen MR) is 134 cm³/mol. The van der Waals surface area contributed by atoms with E-state index in [1.165, 1.54) is 12.1 Å². The van der Waals surface area contributed by atoms with E-state index in [0.717, 1.165) is 43.1 Å². The topological polar surface area (TPSA) is 76.7 Å². The zero-order valence-corrected chi connectivity index (χ0v) is 20.7. The molecule has 3 heterocycles. The largest absolute Gasteiger partial charge is 0.493 e. The van der Waals surface area contributed by atoms with Crippen molar-refractivity contribution in [2.24, 2.45) is 0 Å². The van der Waals surface area contributed by atoms with Gasteiger partial charge < -0.3 is 25.0 Å². The summed E-state index contributed by atoms with van der Waals surface area (Å²) in [4.78, 5) is 13.4. The van der Waals surface area contributed by atoms with Crippen LogP contribution >= 0.6 is 23.2 Å². The number of anilines is 2. The first-order chi connectivity index (χ1) is 16.3. The van der Waals surface area contributed by atoms with E-state index < -0.39 is 11.9 Å². The summed E-state index contributed by atoms with van der Waals surface area (Å²) in [6.07, 6.45) is 2.75. The maximum Gasteiger partial charge on any atom is 0.171 e. The molecule has 7 nitrogen and oxygen atoms in total. The highest BCUT2D eigenvalue weighted by Crippen LogP contribution is 2.38. The SMILES string of the molecule is COc1cc(-c2cnc(N)c(OC(C)c3c(Cl)ccc(F)c3Cl)c2)cnc1N1CCN(C)CC1. The van der Waals surface area contributed by atoms with Crippen LogP contribution in [-0.4, -0.2) is 55.2 Å². The first kappa shape index (κ1) is 24.3. The predicted octanol–water partition coefficient (Wildman–Crippen LogP) is 5.07. The average molecular weight is 506 g/mol. The monoisotopic (exact) mass is 505 g/mol. The number of hydrogen-bond donors (Lipinski definition) is 1. The van der Waals surface area contributed by atoms with Gasteiger partial charge in [-0.1, -0.05) is 23.2 Å². The number of aromatic nitrogens is 2. The van der Waals surface area contributed by atoms with Crippen molar-refractivity contribution >= 4 is 34.8 Å². The van der Waals surface area contributed by atoms with Crippen molar-refractivity contribution in [3.05, 3.63) is 58.1 Å². The number of likely N-dealkylation sites (N-methyl/N-ethyl adjacent to an activating group) is 1. The van der Waals surface area contributed by atoms with Crippen LogP contribution in [-0.2, 0) is 0 Å². The molecule has 3 aromatic rings.